The average Bonchev–Trinajstić information content (AvgIpc) is 0.746. The van der Waals surface area contributed by atoms with Gasteiger partial charge in [0.15, 0.2) is 40.5 Å². The molecular weight excluding hydrogens is 1690 g/mol. The van der Waals surface area contributed by atoms with E-state index in [2.05, 4.69) is 105 Å². The van der Waals surface area contributed by atoms with Crippen LogP contribution >= 0.6 is 0 Å². The van der Waals surface area contributed by atoms with Gasteiger partial charge in [-0.3, -0.25) is 28.8 Å². The van der Waals surface area contributed by atoms with Crippen molar-refractivity contribution in [3.63, 3.8) is 0 Å². The Morgan fingerprint density at radius 3 is 1.46 bits per heavy atom. The van der Waals surface area contributed by atoms with Gasteiger partial charge in [0.05, 0.1) is 73.0 Å². The van der Waals surface area contributed by atoms with Crippen molar-refractivity contribution in [2.45, 2.75) is 88.0 Å². The highest BCUT2D eigenvalue weighted by Crippen LogP contribution is 2.49. The fourth-order valence-corrected chi connectivity index (χ4v) is 19.5. The molecule has 19 nitrogen and oxygen atoms in total. The summed E-state index contributed by atoms with van der Waals surface area (Å²) in [6, 6.07) is 91.4. The number of aromatic nitrogens is 10. The molecule has 20 aromatic rings. The van der Waals surface area contributed by atoms with Gasteiger partial charge in [-0.15, -0.1) is 0 Å². The maximum Gasteiger partial charge on any atom is 0.256 e. The van der Waals surface area contributed by atoms with Crippen molar-refractivity contribution in [1.82, 2.24) is 49.8 Å². The second-order valence-corrected chi connectivity index (χ2v) is 35.5. The van der Waals surface area contributed by atoms with Crippen molar-refractivity contribution in [3.05, 3.63) is 410 Å². The third kappa shape index (κ3) is 14.8. The number of ketones is 5. The summed E-state index contributed by atoms with van der Waals surface area (Å²) in [4.78, 5) is 125. The summed E-state index contributed by atoms with van der Waals surface area (Å²) < 4.78 is 6.54. The van der Waals surface area contributed by atoms with E-state index in [1.54, 1.807) is 18.5 Å². The number of carbonyl (C=O) groups excluding carboxylic acids is 6. The topological polar surface area (TPSA) is 265 Å². The van der Waals surface area contributed by atoms with Crippen molar-refractivity contribution < 1.29 is 33.5 Å². The van der Waals surface area contributed by atoms with Crippen LogP contribution in [-0.2, 0) is 5.41 Å². The normalized spacial score (nSPS) is 12.4. The number of benzene rings is 15. The van der Waals surface area contributed by atoms with Gasteiger partial charge in [-0.25, -0.2) is 49.8 Å². The Balaban J connectivity index is 0.000000104. The first kappa shape index (κ1) is 85.5. The van der Waals surface area contributed by atoms with E-state index in [0.29, 0.717) is 112 Å². The lowest BCUT2D eigenvalue weighted by Gasteiger charge is -2.25. The molecule has 0 unspecified atom stereocenters. The molecule has 25 rings (SSSR count). The van der Waals surface area contributed by atoms with Crippen molar-refractivity contribution in [2.24, 2.45) is 0 Å². The zero-order valence-corrected chi connectivity index (χ0v) is 76.3. The number of aryl methyl sites for hydroxylation is 8. The van der Waals surface area contributed by atoms with Crippen LogP contribution in [0.2, 0.25) is 0 Å². The number of fused-ring (bicyclic) bond motifs is 12. The number of anilines is 3. The molecule has 0 bridgehead atoms. The number of carbonyl (C=O) groups is 6. The zero-order valence-electron chi connectivity index (χ0n) is 76.3. The van der Waals surface area contributed by atoms with E-state index in [4.69, 9.17) is 24.7 Å². The number of hydrogen-bond donors (Lipinski definition) is 2. The number of nitrogens with one attached hydrogen (secondary N) is 2. The molecule has 5 aliphatic carbocycles. The Hall–Kier alpha value is -17.3. The van der Waals surface area contributed by atoms with E-state index < -0.39 is 0 Å². The van der Waals surface area contributed by atoms with Crippen LogP contribution in [0, 0.1) is 55.4 Å². The fraction of sp³-hybridized carbons (Fsp3) is 0.111. The smallest absolute Gasteiger partial charge is 0.256 e. The molecule has 15 aromatic carbocycles. The van der Waals surface area contributed by atoms with Gasteiger partial charge < -0.3 is 15.4 Å². The predicted octanol–water partition coefficient (Wildman–Crippen LogP) is 26.0. The predicted molar refractivity (Wildman–Crippen MR) is 537 cm³/mol. The summed E-state index contributed by atoms with van der Waals surface area (Å²) in [5, 5.41) is 12.6. The van der Waals surface area contributed by atoms with Crippen LogP contribution in [0.5, 0.6) is 11.5 Å². The number of amides is 1. The zero-order chi connectivity index (χ0) is 93.8. The number of nitrogens with zero attached hydrogens (tertiary/aromatic N) is 10. The highest BCUT2D eigenvalue weighted by molar-refractivity contribution is 6.32. The van der Waals surface area contributed by atoms with Crippen LogP contribution in [0.4, 0.5) is 17.1 Å². The van der Waals surface area contributed by atoms with E-state index in [-0.39, 0.29) is 40.2 Å². The van der Waals surface area contributed by atoms with Gasteiger partial charge in [0.1, 0.15) is 35.6 Å². The summed E-state index contributed by atoms with van der Waals surface area (Å²) >= 11 is 0. The number of hydrogen-bond acceptors (Lipinski definition) is 18. The van der Waals surface area contributed by atoms with Gasteiger partial charge in [0, 0.05) is 128 Å². The van der Waals surface area contributed by atoms with E-state index in [1.165, 1.54) is 17.5 Å². The van der Waals surface area contributed by atoms with E-state index >= 15 is 0 Å². The van der Waals surface area contributed by atoms with Crippen LogP contribution in [0.1, 0.15) is 168 Å². The molecule has 136 heavy (non-hydrogen) atoms. The lowest BCUT2D eigenvalue weighted by Crippen LogP contribution is -2.19. The molecule has 0 atom stereocenters. The Labute approximate surface area is 783 Å². The summed E-state index contributed by atoms with van der Waals surface area (Å²) in [5.41, 5.74) is 29.9. The Bertz CT molecular complexity index is 8560. The monoisotopic (exact) mass is 1770 g/mol. The fourth-order valence-electron chi connectivity index (χ4n) is 19.5. The molecule has 1 amide bonds. The summed E-state index contributed by atoms with van der Waals surface area (Å²) in [6.45, 7) is 22.5. The quantitative estimate of drug-likeness (QED) is 0.127. The van der Waals surface area contributed by atoms with Crippen LogP contribution in [0.3, 0.4) is 0 Å². The largest absolute Gasteiger partial charge is 0.455 e. The third-order valence-electron chi connectivity index (χ3n) is 26.3. The van der Waals surface area contributed by atoms with Crippen molar-refractivity contribution in [1.29, 1.82) is 0 Å². The first-order valence-corrected chi connectivity index (χ1v) is 45.1. The molecule has 5 heterocycles. The lowest BCUT2D eigenvalue weighted by molar-refractivity contribution is 0.101. The standard InChI is InChI=1S/C35H33N3O2.C25H19N3O2.C21H12N2O.C20H12N2O.C16H10N2O/c1-7-35(5,6)23-13-15-24(16-14-23)40-29-19-28(38-27-17-12-20(2)18-21(27)3)30-31-32(36-22(4)37-33(29)31)25-10-8-9-11-26(25)34(30)39;1-13-10-14(2)20(15(3)11-13)25(30)28-19-9-8-18-21-22(19)24(29)17-7-5-4-6-16(17)23(21)27-12-26-18;24-20-15-10-5-4-9-14(15)19-18-16(20)11-6-12-17(18)22-21(23-19)13-7-2-1-3-8-13;1-11-21-18-13-7-3-2-6-12(13)10-16-17(18)19(22-11)14-8-4-5-9-15(14)20(16)23;1-9-4-2-5-10-13(9)15-14-11(16(10)19)6-3-7-12(14)17-8-18-15/h8-19,38H,7H2,1-6H3;4-12H,1-3H3,(H,28,30);1-12H;2-10H,1H3;2-8H,1H3. The SMILES string of the molecule is CCC(C)(C)c1ccc(Oc2cc(Nc3ccc(C)cc3C)c3c4c(nc(C)nc24)-c2ccccc2C3=O)cc1.Cc1cc(C)c(C(=O)Nc2ccc3ncnc4c3c2C(=O)c2ccccc2-4)c(C)c1.Cc1cccc2c1-c1ncnc3cccc(c13)C2=O.Cc1nc2c3c(cc4ccccc4c3n1)C(=O)c1ccccc1-2.O=C1c2ccccc2-c2nc(-c3ccccc3)nc3cccc1c23. The molecule has 2 N–H and O–H groups in total. The van der Waals surface area contributed by atoms with Gasteiger partial charge in [-0.05, 0) is 149 Å². The number of rotatable bonds is 9. The molecule has 656 valence electrons. The summed E-state index contributed by atoms with van der Waals surface area (Å²) in [7, 11) is 0. The van der Waals surface area contributed by atoms with Gasteiger partial charge in [-0.2, -0.15) is 0 Å². The second kappa shape index (κ2) is 34.1. The molecule has 5 aliphatic rings. The van der Waals surface area contributed by atoms with E-state index in [9.17, 15) is 28.8 Å². The molecule has 0 aliphatic heterocycles. The molecular formula is C117H86N12O7. The molecule has 0 fully saturated rings. The maximum atomic E-state index is 14.0. The first-order chi connectivity index (χ1) is 65.9. The second-order valence-electron chi connectivity index (χ2n) is 35.5. The molecule has 5 aromatic heterocycles. The molecule has 0 saturated carbocycles. The first-order valence-electron chi connectivity index (χ1n) is 45.1. The minimum atomic E-state index is -0.231. The van der Waals surface area contributed by atoms with Gasteiger partial charge >= 0.3 is 0 Å². The van der Waals surface area contributed by atoms with Gasteiger partial charge in [0.2, 0.25) is 0 Å². The van der Waals surface area contributed by atoms with Crippen molar-refractivity contribution in [2.75, 3.05) is 10.6 Å². The Morgan fingerprint density at radius 1 is 0.338 bits per heavy atom. The van der Waals surface area contributed by atoms with Crippen LogP contribution < -0.4 is 15.4 Å². The molecule has 0 radical (unpaired) electrons. The summed E-state index contributed by atoms with van der Waals surface area (Å²) in [5.74, 6) is 3.05. The average molecular weight is 1770 g/mol. The van der Waals surface area contributed by atoms with Gasteiger partial charge in [0.25, 0.3) is 5.91 Å². The highest BCUT2D eigenvalue weighted by Gasteiger charge is 2.36. The molecule has 0 spiro atoms. The van der Waals surface area contributed by atoms with Crippen LogP contribution in [-0.4, -0.2) is 84.7 Å². The highest BCUT2D eigenvalue weighted by atomic mass is 16.5. The maximum absolute atomic E-state index is 14.0. The van der Waals surface area contributed by atoms with E-state index in [0.717, 1.165) is 157 Å². The van der Waals surface area contributed by atoms with Gasteiger partial charge in [-0.1, -0.05) is 262 Å². The minimum Gasteiger partial charge on any atom is -0.455 e. The van der Waals surface area contributed by atoms with Crippen molar-refractivity contribution >= 4 is 117 Å². The Kier molecular flexibility index (Phi) is 21.4. The minimum absolute atomic E-state index is 0.0414. The lowest BCUT2D eigenvalue weighted by atomic mass is 9.82. The molecule has 0 saturated heterocycles. The third-order valence-corrected chi connectivity index (χ3v) is 26.3. The van der Waals surface area contributed by atoms with Crippen LogP contribution in [0.15, 0.2) is 298 Å². The number of ether oxygens (including phenoxy) is 1. The summed E-state index contributed by atoms with van der Waals surface area (Å²) in [6.07, 6.45) is 4.11. The van der Waals surface area contributed by atoms with Crippen LogP contribution in [0.25, 0.3) is 133 Å². The molecule has 19 heteroatoms. The van der Waals surface area contributed by atoms with Crippen molar-refractivity contribution in [3.8, 4) is 79.2 Å². The Morgan fingerprint density at radius 2 is 0.831 bits per heavy atom. The van der Waals surface area contributed by atoms with E-state index in [1.807, 2.05) is 284 Å².